The lowest BCUT2D eigenvalue weighted by atomic mass is 9.67. The lowest BCUT2D eigenvalue weighted by Gasteiger charge is -2.39. The summed E-state index contributed by atoms with van der Waals surface area (Å²) in [6.45, 7) is -0.282. The summed E-state index contributed by atoms with van der Waals surface area (Å²) in [5.41, 5.74) is -0.251. The van der Waals surface area contributed by atoms with Gasteiger partial charge < -0.3 is 9.30 Å². The molecule has 0 saturated carbocycles. The second-order valence-corrected chi connectivity index (χ2v) is 9.94. The molecule has 202 valence electrons. The molecule has 0 amide bonds. The van der Waals surface area contributed by atoms with E-state index >= 15 is 0 Å². The molecule has 0 aliphatic carbocycles. The number of ether oxygens (including phenoxy) is 1. The van der Waals surface area contributed by atoms with Crippen LogP contribution in [0.15, 0.2) is 85.1 Å². The van der Waals surface area contributed by atoms with Crippen LogP contribution in [-0.2, 0) is 22.7 Å². The van der Waals surface area contributed by atoms with Gasteiger partial charge in [-0.15, -0.1) is 0 Å². The van der Waals surface area contributed by atoms with Gasteiger partial charge in [-0.05, 0) is 16.0 Å². The number of aromatic nitrogens is 1. The molecule has 0 fully saturated rings. The molecular weight excluding hydrogens is 587 g/mol. The number of para-hydroxylation sites is 1. The average molecular weight is 608 g/mol. The minimum Gasteiger partial charge on any atom is -0.460 e. The van der Waals surface area contributed by atoms with Crippen LogP contribution in [0.25, 0.3) is 10.9 Å². The number of nitrogens with zero attached hydrogens (tertiary/aromatic N) is 1. The summed E-state index contributed by atoms with van der Waals surface area (Å²) in [5.74, 6) is -0.965. The van der Waals surface area contributed by atoms with E-state index in [2.05, 4.69) is 26.7 Å². The number of hydrogen-bond acceptors (Lipinski definition) is 4. The Balaban J connectivity index is 1.66. The zero-order valence-corrected chi connectivity index (χ0v) is 22.5. The highest BCUT2D eigenvalue weighted by Gasteiger charge is 2.52. The minimum absolute atomic E-state index is 0.0642. The molecule has 0 saturated heterocycles. The molecule has 3 aromatic carbocycles. The molecule has 0 spiro atoms. The molecule has 5 nitrogen and oxygen atoms in total. The fraction of sp³-hybridized carbons (Fsp3) is 0.194. The highest BCUT2D eigenvalue weighted by molar-refractivity contribution is 9.12. The molecule has 4 aromatic rings. The minimum atomic E-state index is -5.09. The van der Waals surface area contributed by atoms with E-state index in [0.29, 0.717) is 16.6 Å². The first-order valence-corrected chi connectivity index (χ1v) is 13.1. The van der Waals surface area contributed by atoms with E-state index in [1.807, 2.05) is 6.07 Å². The summed E-state index contributed by atoms with van der Waals surface area (Å²) in [6.07, 6.45) is -4.15. The Bertz CT molecular complexity index is 1670. The van der Waals surface area contributed by atoms with Crippen LogP contribution in [0.1, 0.15) is 44.2 Å². The Morgan fingerprint density at radius 3 is 2.30 bits per heavy atom. The molecule has 40 heavy (non-hydrogen) atoms. The summed E-state index contributed by atoms with van der Waals surface area (Å²) in [4.78, 5) is 42.3. The fourth-order valence-electron chi connectivity index (χ4n) is 5.31. The normalized spacial score (nSPS) is 18.1. The van der Waals surface area contributed by atoms with Crippen molar-refractivity contribution in [1.82, 2.24) is 4.57 Å². The number of rotatable bonds is 7. The standard InChI is InChI=1S/C31H21BrF3NO4/c32-15-14-30(29(39)40-18-20-8-3-1-4-9-20)19-36-17-24(28(38)31(33,34)35)22-12-7-13-23(27(22)36)25(30)16-26(37)21-10-5-2-6-11-21/h1-13,17,25H,16,18-19H2. The van der Waals surface area contributed by atoms with Crippen LogP contribution in [0.5, 0.6) is 0 Å². The zero-order valence-electron chi connectivity index (χ0n) is 20.9. The summed E-state index contributed by atoms with van der Waals surface area (Å²) in [5, 5.41) is 0.0926. The first-order chi connectivity index (χ1) is 19.2. The van der Waals surface area contributed by atoms with Gasteiger partial charge in [0.15, 0.2) is 11.2 Å². The van der Waals surface area contributed by atoms with Crippen LogP contribution in [0, 0.1) is 16.2 Å². The van der Waals surface area contributed by atoms with Crippen LogP contribution in [0.2, 0.25) is 0 Å². The number of benzene rings is 3. The van der Waals surface area contributed by atoms with E-state index in [1.54, 1.807) is 60.7 Å². The van der Waals surface area contributed by atoms with Gasteiger partial charge in [-0.2, -0.15) is 13.2 Å². The molecule has 9 heteroatoms. The maximum absolute atomic E-state index is 13.9. The second-order valence-electron chi connectivity index (χ2n) is 9.54. The van der Waals surface area contributed by atoms with Crippen LogP contribution < -0.4 is 0 Å². The van der Waals surface area contributed by atoms with Crippen molar-refractivity contribution in [1.29, 1.82) is 0 Å². The number of carbonyl (C=O) groups is 3. The Morgan fingerprint density at radius 2 is 1.65 bits per heavy atom. The van der Waals surface area contributed by atoms with Gasteiger partial charge in [0.1, 0.15) is 6.61 Å². The molecule has 0 radical (unpaired) electrons. The highest BCUT2D eigenvalue weighted by Crippen LogP contribution is 2.49. The van der Waals surface area contributed by atoms with Crippen molar-refractivity contribution in [3.05, 3.63) is 107 Å². The molecule has 0 N–H and O–H groups in total. The number of Topliss-reactive ketones (excluding diaryl/α,β-unsaturated/α-hetero) is 2. The topological polar surface area (TPSA) is 65.4 Å². The number of esters is 1. The average Bonchev–Trinajstić information content (AvgIpc) is 3.32. The first-order valence-electron chi connectivity index (χ1n) is 12.3. The van der Waals surface area contributed by atoms with Gasteiger partial charge in [-0.3, -0.25) is 14.4 Å². The van der Waals surface area contributed by atoms with E-state index < -0.39 is 34.8 Å². The van der Waals surface area contributed by atoms with E-state index in [1.165, 1.54) is 16.7 Å². The third kappa shape index (κ3) is 4.95. The summed E-state index contributed by atoms with van der Waals surface area (Å²) in [6, 6.07) is 22.1. The van der Waals surface area contributed by atoms with Crippen molar-refractivity contribution in [3.8, 4) is 10.8 Å². The van der Waals surface area contributed by atoms with Gasteiger partial charge in [-0.25, -0.2) is 0 Å². The molecular formula is C31H21BrF3NO4. The van der Waals surface area contributed by atoms with Crippen molar-refractivity contribution in [2.24, 2.45) is 5.41 Å². The number of ketones is 2. The van der Waals surface area contributed by atoms with Gasteiger partial charge in [0.25, 0.3) is 5.78 Å². The van der Waals surface area contributed by atoms with Crippen LogP contribution in [0.3, 0.4) is 0 Å². The zero-order chi connectivity index (χ0) is 28.5. The van der Waals surface area contributed by atoms with Crippen molar-refractivity contribution in [2.45, 2.75) is 31.7 Å². The van der Waals surface area contributed by atoms with Gasteiger partial charge in [-0.1, -0.05) is 84.8 Å². The maximum atomic E-state index is 13.9. The van der Waals surface area contributed by atoms with E-state index in [9.17, 15) is 27.6 Å². The highest BCUT2D eigenvalue weighted by atomic mass is 79.9. The fourth-order valence-corrected chi connectivity index (χ4v) is 5.66. The summed E-state index contributed by atoms with van der Waals surface area (Å²) < 4.78 is 47.6. The van der Waals surface area contributed by atoms with Crippen molar-refractivity contribution < 1.29 is 32.3 Å². The van der Waals surface area contributed by atoms with Crippen LogP contribution >= 0.6 is 15.9 Å². The third-order valence-electron chi connectivity index (χ3n) is 7.15. The number of alkyl halides is 3. The lowest BCUT2D eigenvalue weighted by molar-refractivity contribution is -0.156. The molecule has 2 unspecified atom stereocenters. The molecule has 1 aliphatic rings. The van der Waals surface area contributed by atoms with E-state index in [4.69, 9.17) is 4.74 Å². The van der Waals surface area contributed by atoms with Gasteiger partial charge in [0.2, 0.25) is 0 Å². The van der Waals surface area contributed by atoms with Crippen molar-refractivity contribution >= 4 is 44.4 Å². The number of carbonyl (C=O) groups excluding carboxylic acids is 3. The Kier molecular flexibility index (Phi) is 7.39. The van der Waals surface area contributed by atoms with Crippen LogP contribution in [0.4, 0.5) is 13.2 Å². The predicted octanol–water partition coefficient (Wildman–Crippen LogP) is 6.84. The molecule has 2 atom stereocenters. The van der Waals surface area contributed by atoms with Gasteiger partial charge in [0.05, 0.1) is 17.6 Å². The van der Waals surface area contributed by atoms with Crippen molar-refractivity contribution in [2.75, 3.05) is 0 Å². The number of halogens is 4. The molecule has 2 heterocycles. The Morgan fingerprint density at radius 1 is 0.975 bits per heavy atom. The first kappa shape index (κ1) is 27.4. The monoisotopic (exact) mass is 607 g/mol. The van der Waals surface area contributed by atoms with E-state index in [-0.39, 0.29) is 30.7 Å². The Hall–Kier alpha value is -4.16. The summed E-state index contributed by atoms with van der Waals surface area (Å²) in [7, 11) is 0. The third-order valence-corrected chi connectivity index (χ3v) is 7.35. The molecule has 0 bridgehead atoms. The summed E-state index contributed by atoms with van der Waals surface area (Å²) >= 11 is 3.09. The maximum Gasteiger partial charge on any atom is 0.454 e. The van der Waals surface area contributed by atoms with Crippen LogP contribution in [-0.4, -0.2) is 28.3 Å². The molecule has 5 rings (SSSR count). The van der Waals surface area contributed by atoms with E-state index in [0.717, 1.165) is 11.8 Å². The molecule has 1 aliphatic heterocycles. The number of hydrogen-bond donors (Lipinski definition) is 0. The van der Waals surface area contributed by atoms with Gasteiger partial charge in [0, 0.05) is 45.4 Å². The van der Waals surface area contributed by atoms with Crippen molar-refractivity contribution in [3.63, 3.8) is 0 Å². The predicted molar refractivity (Wildman–Crippen MR) is 146 cm³/mol. The second kappa shape index (κ2) is 10.8. The largest absolute Gasteiger partial charge is 0.460 e. The molecule has 1 aromatic heterocycles. The lowest BCUT2D eigenvalue weighted by Crippen LogP contribution is -2.44. The van der Waals surface area contributed by atoms with Gasteiger partial charge >= 0.3 is 12.1 Å². The quantitative estimate of drug-likeness (QED) is 0.131. The Labute approximate surface area is 236 Å². The smallest absolute Gasteiger partial charge is 0.454 e. The SMILES string of the molecule is O=C(CC1c2cccc3c(C(=O)C(F)(F)F)cn(c23)CC1(C#CBr)C(=O)OCc1ccccc1)c1ccccc1.